The molecule has 0 unspecified atom stereocenters. The highest BCUT2D eigenvalue weighted by molar-refractivity contribution is 7.47. The van der Waals surface area contributed by atoms with Gasteiger partial charge < -0.3 is 10.1 Å². The van der Waals surface area contributed by atoms with Crippen LogP contribution in [0.5, 0.6) is 0 Å². The smallest absolute Gasteiger partial charge is 0.357 e. The molecule has 0 aliphatic rings. The van der Waals surface area contributed by atoms with Crippen molar-refractivity contribution in [1.82, 2.24) is 0 Å². The van der Waals surface area contributed by atoms with Gasteiger partial charge in [0.2, 0.25) is 0 Å². The zero-order chi connectivity index (χ0) is 10.6. The van der Waals surface area contributed by atoms with Crippen molar-refractivity contribution in [3.05, 3.63) is 5.53 Å². The third-order valence-electron chi connectivity index (χ3n) is 1.03. The van der Waals surface area contributed by atoms with Gasteiger partial charge in [0.15, 0.2) is 0 Å². The molecule has 0 atom stereocenters. The molecule has 0 aliphatic heterocycles. The van der Waals surface area contributed by atoms with Crippen molar-refractivity contribution in [2.75, 3.05) is 0 Å². The third kappa shape index (κ3) is 4.55. The first kappa shape index (κ1) is 12.0. The fourth-order valence-corrected chi connectivity index (χ4v) is 0.824. The molecule has 0 rings (SSSR count). The Balaban J connectivity index is 4.68. The maximum absolute atomic E-state index is 11.0. The number of phosphoric acid groups is 1. The zero-order valence-corrected chi connectivity index (χ0v) is 7.93. The van der Waals surface area contributed by atoms with E-state index in [1.54, 1.807) is 0 Å². The first-order valence-electron chi connectivity index (χ1n) is 3.29. The monoisotopic (exact) mass is 208 g/mol. The molecular formula is C5H9N2O5P. The number of phosphoric ester groups is 1. The van der Waals surface area contributed by atoms with Crippen LogP contribution in [0.1, 0.15) is 13.8 Å². The number of Topliss-reactive ketones (excluding diaryl/α,β-unsaturated/α-hetero) is 1. The van der Waals surface area contributed by atoms with E-state index in [-0.39, 0.29) is 0 Å². The van der Waals surface area contributed by atoms with Gasteiger partial charge in [-0.2, -0.15) is 0 Å². The molecule has 0 saturated carbocycles. The maximum Gasteiger partial charge on any atom is 0.529 e. The minimum atomic E-state index is -4.84. The van der Waals surface area contributed by atoms with E-state index in [1.165, 1.54) is 13.8 Å². The average molecular weight is 208 g/mol. The maximum atomic E-state index is 11.0. The fraction of sp³-hybridized carbons (Fsp3) is 0.600. The first-order valence-corrected chi connectivity index (χ1v) is 4.82. The minimum absolute atomic E-state index is 0.572. The van der Waals surface area contributed by atoms with E-state index in [0.29, 0.717) is 0 Å². The normalized spacial score (nSPS) is 10.8. The lowest BCUT2D eigenvalue weighted by atomic mass is 10.1. The van der Waals surface area contributed by atoms with Crippen LogP contribution < -0.4 is 0 Å². The molecule has 0 aromatic carbocycles. The van der Waals surface area contributed by atoms with Crippen molar-refractivity contribution in [3.8, 4) is 0 Å². The molecular weight excluding hydrogens is 199 g/mol. The average Bonchev–Trinajstić information content (AvgIpc) is 1.97. The van der Waals surface area contributed by atoms with Gasteiger partial charge >= 0.3 is 13.7 Å². The van der Waals surface area contributed by atoms with E-state index in [0.717, 1.165) is 0 Å². The Bertz CT molecular complexity index is 300. The SMILES string of the molecule is CC(C)C(=O)C(=[N+]=[N-])OP(=O)(O)O. The summed E-state index contributed by atoms with van der Waals surface area (Å²) >= 11 is 0. The Morgan fingerprint density at radius 3 is 2.23 bits per heavy atom. The molecule has 7 nitrogen and oxygen atoms in total. The van der Waals surface area contributed by atoms with E-state index in [4.69, 9.17) is 15.3 Å². The van der Waals surface area contributed by atoms with Gasteiger partial charge in [-0.3, -0.25) is 14.6 Å². The topological polar surface area (TPSA) is 120 Å². The van der Waals surface area contributed by atoms with Crippen LogP contribution in [0.4, 0.5) is 0 Å². The molecule has 74 valence electrons. The number of rotatable bonds is 3. The van der Waals surface area contributed by atoms with Gasteiger partial charge in [-0.15, -0.1) is 4.79 Å². The Hall–Kier alpha value is -1.00. The summed E-state index contributed by atoms with van der Waals surface area (Å²) in [5.41, 5.74) is 8.21. The molecule has 0 heterocycles. The second-order valence-electron chi connectivity index (χ2n) is 2.51. The van der Waals surface area contributed by atoms with Gasteiger partial charge in [-0.1, -0.05) is 13.8 Å². The summed E-state index contributed by atoms with van der Waals surface area (Å²) in [6.07, 6.45) is 0. The summed E-state index contributed by atoms with van der Waals surface area (Å²) in [7, 11) is -4.84. The van der Waals surface area contributed by atoms with E-state index in [2.05, 4.69) is 9.31 Å². The summed E-state index contributed by atoms with van der Waals surface area (Å²) in [4.78, 5) is 29.9. The van der Waals surface area contributed by atoms with Gasteiger partial charge in [-0.05, 0) is 0 Å². The predicted molar refractivity (Wildman–Crippen MR) is 41.6 cm³/mol. The molecule has 13 heavy (non-hydrogen) atoms. The molecule has 0 spiro atoms. The Labute approximate surface area is 74.2 Å². The largest absolute Gasteiger partial charge is 0.529 e. The molecule has 0 radical (unpaired) electrons. The summed E-state index contributed by atoms with van der Waals surface area (Å²) in [5.74, 6) is -2.34. The lowest BCUT2D eigenvalue weighted by molar-refractivity contribution is -0.123. The summed E-state index contributed by atoms with van der Waals surface area (Å²) in [5, 5.41) is 0. The summed E-state index contributed by atoms with van der Waals surface area (Å²) in [6, 6.07) is 0. The summed E-state index contributed by atoms with van der Waals surface area (Å²) in [6.45, 7) is 2.94. The van der Waals surface area contributed by atoms with Crippen LogP contribution in [0, 0.1) is 5.92 Å². The number of hydrogen-bond acceptors (Lipinski definition) is 3. The number of ketones is 1. The molecule has 0 amide bonds. The molecule has 0 aromatic heterocycles. The third-order valence-corrected chi connectivity index (χ3v) is 1.44. The van der Waals surface area contributed by atoms with Gasteiger partial charge in [0, 0.05) is 5.92 Å². The van der Waals surface area contributed by atoms with Crippen LogP contribution in [0.2, 0.25) is 0 Å². The van der Waals surface area contributed by atoms with Crippen molar-refractivity contribution in [1.29, 1.82) is 0 Å². The first-order chi connectivity index (χ1) is 5.78. The number of carbonyl (C=O) groups excluding carboxylic acids is 1. The number of carbonyl (C=O) groups is 1. The Kier molecular flexibility index (Phi) is 3.97. The van der Waals surface area contributed by atoms with Crippen molar-refractivity contribution in [2.45, 2.75) is 13.8 Å². The summed E-state index contributed by atoms with van der Waals surface area (Å²) < 4.78 is 14.1. The van der Waals surface area contributed by atoms with Crippen LogP contribution in [0.25, 0.3) is 5.53 Å². The minimum Gasteiger partial charge on any atom is -0.357 e. The Morgan fingerprint density at radius 1 is 1.54 bits per heavy atom. The van der Waals surface area contributed by atoms with E-state index < -0.39 is 25.4 Å². The van der Waals surface area contributed by atoms with Gasteiger partial charge in [0.25, 0.3) is 5.78 Å². The molecule has 8 heteroatoms. The lowest BCUT2D eigenvalue weighted by Gasteiger charge is -2.02. The highest BCUT2D eigenvalue weighted by Gasteiger charge is 2.32. The molecule has 0 aromatic rings. The fourth-order valence-electron chi connectivity index (χ4n) is 0.472. The van der Waals surface area contributed by atoms with Crippen molar-refractivity contribution in [2.24, 2.45) is 5.92 Å². The van der Waals surface area contributed by atoms with Crippen LogP contribution in [0.3, 0.4) is 0 Å². The van der Waals surface area contributed by atoms with E-state index in [1.807, 2.05) is 0 Å². The van der Waals surface area contributed by atoms with Gasteiger partial charge in [0.1, 0.15) is 0 Å². The van der Waals surface area contributed by atoms with Gasteiger partial charge in [0.05, 0.1) is 0 Å². The molecule has 0 fully saturated rings. The van der Waals surface area contributed by atoms with Crippen LogP contribution in [-0.2, 0) is 13.9 Å². The molecule has 0 bridgehead atoms. The van der Waals surface area contributed by atoms with E-state index >= 15 is 0 Å². The van der Waals surface area contributed by atoms with Crippen molar-refractivity contribution >= 4 is 19.5 Å². The predicted octanol–water partition coefficient (Wildman–Crippen LogP) is -0.0509. The Morgan fingerprint density at radius 2 is 2.00 bits per heavy atom. The highest BCUT2D eigenvalue weighted by Crippen LogP contribution is 2.36. The van der Waals surface area contributed by atoms with Crippen molar-refractivity contribution in [3.63, 3.8) is 0 Å². The quantitative estimate of drug-likeness (QED) is 0.221. The second kappa shape index (κ2) is 4.30. The number of nitrogens with zero attached hydrogens (tertiary/aromatic N) is 2. The number of hydrogen-bond donors (Lipinski definition) is 2. The van der Waals surface area contributed by atoms with Crippen LogP contribution in [0.15, 0.2) is 0 Å². The van der Waals surface area contributed by atoms with Crippen molar-refractivity contribution < 1.29 is 28.5 Å². The standard InChI is InChI=1S/C5H9N2O5P/c1-3(2)4(8)5(7-6)12-13(9,10)11/h3H,1-2H3,(H2,9,10,11). The van der Waals surface area contributed by atoms with E-state index in [9.17, 15) is 9.36 Å². The molecule has 0 saturated heterocycles. The van der Waals surface area contributed by atoms with Gasteiger partial charge in [-0.25, -0.2) is 4.57 Å². The molecule has 0 aliphatic carbocycles. The zero-order valence-electron chi connectivity index (χ0n) is 7.04. The molecule has 2 N–H and O–H groups in total. The lowest BCUT2D eigenvalue weighted by Crippen LogP contribution is -2.22. The second-order valence-corrected chi connectivity index (χ2v) is 3.67. The highest BCUT2D eigenvalue weighted by atomic mass is 31.2. The van der Waals surface area contributed by atoms with Crippen LogP contribution >= 0.6 is 7.82 Å². The van der Waals surface area contributed by atoms with Crippen LogP contribution in [-0.4, -0.2) is 26.3 Å².